The van der Waals surface area contributed by atoms with Crippen molar-refractivity contribution in [2.24, 2.45) is 0 Å². The maximum Gasteiger partial charge on any atom is 0.422 e. The Morgan fingerprint density at radius 2 is 1.32 bits per heavy atom. The number of hydrogen-bond donors (Lipinski definition) is 0. The zero-order valence-corrected chi connectivity index (χ0v) is 22.7. The van der Waals surface area contributed by atoms with E-state index in [0.717, 1.165) is 37.0 Å². The fourth-order valence-corrected chi connectivity index (χ4v) is 4.57. The van der Waals surface area contributed by atoms with Gasteiger partial charge in [-0.25, -0.2) is 13.2 Å². The fraction of sp³-hybridized carbons (Fsp3) is 0.294. The summed E-state index contributed by atoms with van der Waals surface area (Å²) in [5.41, 5.74) is 3.52. The molecule has 0 atom stereocenters. The lowest BCUT2D eigenvalue weighted by molar-refractivity contribution is -0.154. The minimum Gasteiger partial charge on any atom is -0.478 e. The number of ether oxygens (including phenoxy) is 1. The normalized spacial score (nSPS) is 11.4. The highest BCUT2D eigenvalue weighted by atomic mass is 19.4. The third-order valence-electron chi connectivity index (χ3n) is 6.78. The highest BCUT2D eigenvalue weighted by Gasteiger charge is 2.29. The molecule has 0 N–H and O–H groups in total. The predicted octanol–water partition coefficient (Wildman–Crippen LogP) is 9.51. The first-order chi connectivity index (χ1) is 19.6. The van der Waals surface area contributed by atoms with Crippen LogP contribution in [0.4, 0.5) is 26.3 Å². The molecule has 0 aliphatic rings. The van der Waals surface area contributed by atoms with E-state index in [4.69, 9.17) is 0 Å². The van der Waals surface area contributed by atoms with Crippen LogP contribution in [0.3, 0.4) is 0 Å². The molecule has 4 rings (SSSR count). The first-order valence-corrected chi connectivity index (χ1v) is 13.6. The molecule has 0 heterocycles. The van der Waals surface area contributed by atoms with Gasteiger partial charge in [-0.1, -0.05) is 86.6 Å². The molecule has 7 heteroatoms. The second-order valence-corrected chi connectivity index (χ2v) is 10.0. The maximum absolute atomic E-state index is 15.2. The summed E-state index contributed by atoms with van der Waals surface area (Å²) in [5, 5.41) is 1.07. The van der Waals surface area contributed by atoms with Crippen LogP contribution < -0.4 is 4.74 Å². The number of alkyl halides is 3. The van der Waals surface area contributed by atoms with Crippen LogP contribution in [-0.4, -0.2) is 12.8 Å². The number of halogens is 6. The van der Waals surface area contributed by atoms with Gasteiger partial charge >= 0.3 is 6.18 Å². The van der Waals surface area contributed by atoms with Crippen molar-refractivity contribution >= 4 is 10.8 Å². The Morgan fingerprint density at radius 1 is 0.683 bits per heavy atom. The molecule has 0 aromatic heterocycles. The average molecular weight is 569 g/mol. The van der Waals surface area contributed by atoms with Crippen molar-refractivity contribution in [1.82, 2.24) is 0 Å². The van der Waals surface area contributed by atoms with E-state index in [-0.39, 0.29) is 11.1 Å². The lowest BCUT2D eigenvalue weighted by Crippen LogP contribution is -2.20. The second kappa shape index (κ2) is 13.6. The Labute approximate surface area is 236 Å². The monoisotopic (exact) mass is 568 g/mol. The van der Waals surface area contributed by atoms with E-state index in [1.165, 1.54) is 42.9 Å². The van der Waals surface area contributed by atoms with Crippen molar-refractivity contribution in [1.29, 1.82) is 0 Å². The summed E-state index contributed by atoms with van der Waals surface area (Å²) in [7, 11) is 0. The van der Waals surface area contributed by atoms with Gasteiger partial charge in [0.15, 0.2) is 24.0 Å². The van der Waals surface area contributed by atoms with Crippen LogP contribution in [0.15, 0.2) is 66.7 Å². The molecular formula is C34H30F6O. The Kier molecular flexibility index (Phi) is 9.99. The quantitative estimate of drug-likeness (QED) is 0.105. The van der Waals surface area contributed by atoms with Gasteiger partial charge in [0.05, 0.1) is 5.56 Å². The first kappa shape index (κ1) is 30.0. The van der Waals surface area contributed by atoms with Gasteiger partial charge < -0.3 is 4.74 Å². The van der Waals surface area contributed by atoms with Crippen molar-refractivity contribution in [2.45, 2.75) is 58.0 Å². The minimum atomic E-state index is -4.74. The van der Waals surface area contributed by atoms with Gasteiger partial charge in [-0.15, -0.1) is 0 Å². The third-order valence-corrected chi connectivity index (χ3v) is 6.78. The number of benzene rings is 4. The summed E-state index contributed by atoms with van der Waals surface area (Å²) in [6.07, 6.45) is 2.99. The Balaban J connectivity index is 1.42. The van der Waals surface area contributed by atoms with E-state index in [0.29, 0.717) is 10.8 Å². The van der Waals surface area contributed by atoms with E-state index in [9.17, 15) is 22.0 Å². The molecule has 0 radical (unpaired) electrons. The molecule has 214 valence electrons. The topological polar surface area (TPSA) is 9.23 Å². The number of unbranched alkanes of at least 4 members (excludes halogenated alkanes) is 3. The van der Waals surface area contributed by atoms with E-state index in [1.54, 1.807) is 12.1 Å². The largest absolute Gasteiger partial charge is 0.478 e. The van der Waals surface area contributed by atoms with Crippen LogP contribution in [-0.2, 0) is 19.3 Å². The zero-order valence-electron chi connectivity index (χ0n) is 22.7. The summed E-state index contributed by atoms with van der Waals surface area (Å²) in [4.78, 5) is 0. The summed E-state index contributed by atoms with van der Waals surface area (Å²) in [5.74, 6) is 0.656. The number of aryl methyl sites for hydroxylation is 3. The summed E-state index contributed by atoms with van der Waals surface area (Å²) >= 11 is 0. The number of fused-ring (bicyclic) bond motifs is 1. The molecular weight excluding hydrogens is 538 g/mol. The molecule has 41 heavy (non-hydrogen) atoms. The van der Waals surface area contributed by atoms with Crippen LogP contribution in [0.1, 0.15) is 60.4 Å². The molecule has 0 aliphatic carbocycles. The molecule has 4 aromatic rings. The minimum absolute atomic E-state index is 0.0262. The summed E-state index contributed by atoms with van der Waals surface area (Å²) in [6, 6.07) is 18.9. The van der Waals surface area contributed by atoms with Crippen molar-refractivity contribution in [3.05, 3.63) is 112 Å². The van der Waals surface area contributed by atoms with Crippen LogP contribution in [0, 0.1) is 29.3 Å². The van der Waals surface area contributed by atoms with Crippen molar-refractivity contribution in [3.63, 3.8) is 0 Å². The van der Waals surface area contributed by atoms with Crippen molar-refractivity contribution in [3.8, 4) is 17.6 Å². The molecule has 0 amide bonds. The highest BCUT2D eigenvalue weighted by molar-refractivity contribution is 5.85. The van der Waals surface area contributed by atoms with Gasteiger partial charge in [-0.2, -0.15) is 13.2 Å². The van der Waals surface area contributed by atoms with Gasteiger partial charge in [0.2, 0.25) is 0 Å². The summed E-state index contributed by atoms with van der Waals surface area (Å²) in [6.45, 7) is 0.376. The predicted molar refractivity (Wildman–Crippen MR) is 149 cm³/mol. The van der Waals surface area contributed by atoms with Crippen LogP contribution in [0.2, 0.25) is 0 Å². The SMILES string of the molecule is CCCCCCc1ccc(CCc2ccc3c(F)c(C#Cc4cc(F)c(OCC(F)(F)F)c(F)c4)ccc3c2)cc1. The molecule has 0 fully saturated rings. The van der Waals surface area contributed by atoms with Crippen LogP contribution in [0.5, 0.6) is 5.75 Å². The average Bonchev–Trinajstić information content (AvgIpc) is 2.93. The molecule has 0 bridgehead atoms. The van der Waals surface area contributed by atoms with E-state index >= 15 is 4.39 Å². The smallest absolute Gasteiger partial charge is 0.422 e. The lowest BCUT2D eigenvalue weighted by Gasteiger charge is -2.10. The molecule has 0 unspecified atom stereocenters. The van der Waals surface area contributed by atoms with Gasteiger partial charge in [0.25, 0.3) is 0 Å². The molecule has 0 saturated heterocycles. The highest BCUT2D eigenvalue weighted by Crippen LogP contribution is 2.27. The second-order valence-electron chi connectivity index (χ2n) is 10.0. The Hall–Kier alpha value is -3.92. The molecule has 4 aromatic carbocycles. The Bertz CT molecular complexity index is 1520. The van der Waals surface area contributed by atoms with Gasteiger partial charge in [0, 0.05) is 10.9 Å². The van der Waals surface area contributed by atoms with E-state index in [1.807, 2.05) is 12.1 Å². The van der Waals surface area contributed by atoms with Crippen LogP contribution in [0.25, 0.3) is 10.8 Å². The van der Waals surface area contributed by atoms with Gasteiger partial charge in [-0.05, 0) is 66.0 Å². The standard InChI is InChI=1S/C34H30F6O/c1-2-3-4-5-6-23-7-9-24(10-8-23)11-12-25-14-18-29-28(19-25)17-16-27(32(29)37)15-13-26-20-30(35)33(31(36)21-26)41-22-34(38,39)40/h7-10,14,16-21H,2-6,11-12,22H2,1H3. The van der Waals surface area contributed by atoms with Gasteiger partial charge in [0.1, 0.15) is 5.82 Å². The zero-order chi connectivity index (χ0) is 29.4. The number of rotatable bonds is 10. The van der Waals surface area contributed by atoms with E-state index in [2.05, 4.69) is 47.8 Å². The molecule has 1 nitrogen and oxygen atoms in total. The van der Waals surface area contributed by atoms with Gasteiger partial charge in [-0.3, -0.25) is 0 Å². The van der Waals surface area contributed by atoms with E-state index < -0.39 is 36.0 Å². The third kappa shape index (κ3) is 8.53. The van der Waals surface area contributed by atoms with Crippen molar-refractivity contribution in [2.75, 3.05) is 6.61 Å². The molecule has 0 saturated carbocycles. The molecule has 0 spiro atoms. The number of hydrogen-bond acceptors (Lipinski definition) is 1. The first-order valence-electron chi connectivity index (χ1n) is 13.6. The van der Waals surface area contributed by atoms with Crippen LogP contribution >= 0.6 is 0 Å². The maximum atomic E-state index is 15.2. The lowest BCUT2D eigenvalue weighted by atomic mass is 9.98. The fourth-order valence-electron chi connectivity index (χ4n) is 4.57. The van der Waals surface area contributed by atoms with Crippen molar-refractivity contribution < 1.29 is 31.1 Å². The molecule has 0 aliphatic heterocycles. The Morgan fingerprint density at radius 3 is 1.98 bits per heavy atom. The summed E-state index contributed by atoms with van der Waals surface area (Å²) < 4.78 is 84.5.